The van der Waals surface area contributed by atoms with Gasteiger partial charge in [-0.2, -0.15) is 5.10 Å². The van der Waals surface area contributed by atoms with Gasteiger partial charge in [-0.05, 0) is 25.1 Å². The zero-order chi connectivity index (χ0) is 20.6. The topological polar surface area (TPSA) is 74.9 Å². The number of phenolic OH excluding ortho intramolecular Hbond substituents is 1. The van der Waals surface area contributed by atoms with Crippen LogP contribution in [0.15, 0.2) is 65.9 Å². The number of ether oxygens (including phenoxy) is 1. The minimum atomic E-state index is 0.126. The summed E-state index contributed by atoms with van der Waals surface area (Å²) in [7, 11) is 3.52. The molecule has 0 saturated carbocycles. The number of aliphatic imine (C=N–C) groups is 1. The van der Waals surface area contributed by atoms with E-state index in [4.69, 9.17) is 4.74 Å². The van der Waals surface area contributed by atoms with Gasteiger partial charge in [-0.25, -0.2) is 9.67 Å². The molecule has 0 amide bonds. The molecule has 152 valence electrons. The van der Waals surface area contributed by atoms with Crippen LogP contribution in [-0.2, 0) is 13.1 Å². The van der Waals surface area contributed by atoms with Crippen LogP contribution in [0.2, 0.25) is 0 Å². The summed E-state index contributed by atoms with van der Waals surface area (Å²) in [5.74, 6) is 1.33. The highest BCUT2D eigenvalue weighted by molar-refractivity contribution is 5.79. The molecule has 3 aromatic rings. The first-order chi connectivity index (χ1) is 14.1. The van der Waals surface area contributed by atoms with Crippen LogP contribution >= 0.6 is 0 Å². The lowest BCUT2D eigenvalue weighted by Crippen LogP contribution is -2.38. The zero-order valence-corrected chi connectivity index (χ0v) is 17.0. The van der Waals surface area contributed by atoms with Gasteiger partial charge in [0.2, 0.25) is 0 Å². The maximum atomic E-state index is 10.3. The minimum Gasteiger partial charge on any atom is -0.504 e. The molecule has 0 aliphatic carbocycles. The molecule has 0 atom stereocenters. The Balaban J connectivity index is 1.72. The van der Waals surface area contributed by atoms with E-state index in [-0.39, 0.29) is 5.75 Å². The lowest BCUT2D eigenvalue weighted by molar-refractivity contribution is 0.370. The highest BCUT2D eigenvalue weighted by Gasteiger charge is 2.11. The van der Waals surface area contributed by atoms with Crippen LogP contribution < -0.4 is 10.1 Å². The molecule has 0 unspecified atom stereocenters. The first-order valence-corrected chi connectivity index (χ1v) is 9.55. The van der Waals surface area contributed by atoms with Crippen LogP contribution in [-0.4, -0.2) is 46.4 Å². The minimum absolute atomic E-state index is 0.126. The van der Waals surface area contributed by atoms with Crippen LogP contribution in [0.5, 0.6) is 11.5 Å². The van der Waals surface area contributed by atoms with Crippen molar-refractivity contribution in [2.45, 2.75) is 20.0 Å². The van der Waals surface area contributed by atoms with Gasteiger partial charge in [0.25, 0.3) is 0 Å². The predicted octanol–water partition coefficient (Wildman–Crippen LogP) is 3.18. The maximum absolute atomic E-state index is 10.3. The molecule has 0 bridgehead atoms. The van der Waals surface area contributed by atoms with Crippen molar-refractivity contribution in [1.29, 1.82) is 0 Å². The Morgan fingerprint density at radius 2 is 2.00 bits per heavy atom. The standard InChI is InChI=1S/C22H27N5O2/c1-4-23-22(24-14-18-9-8-12-20(29-3)21(18)28)26(2)15-17-13-25-27(16-17)19-10-6-5-7-11-19/h5-13,16,28H,4,14-15H2,1-3H3,(H,23,24). The Hall–Kier alpha value is -3.48. The summed E-state index contributed by atoms with van der Waals surface area (Å²) >= 11 is 0. The molecular formula is C22H27N5O2. The lowest BCUT2D eigenvalue weighted by Gasteiger charge is -2.21. The number of aromatic hydroxyl groups is 1. The smallest absolute Gasteiger partial charge is 0.194 e. The molecule has 7 heteroatoms. The van der Waals surface area contributed by atoms with Gasteiger partial charge in [0.1, 0.15) is 0 Å². The maximum Gasteiger partial charge on any atom is 0.194 e. The van der Waals surface area contributed by atoms with Crippen molar-refractivity contribution in [1.82, 2.24) is 20.0 Å². The van der Waals surface area contributed by atoms with Crippen molar-refractivity contribution in [3.63, 3.8) is 0 Å². The van der Waals surface area contributed by atoms with E-state index in [2.05, 4.69) is 15.4 Å². The van der Waals surface area contributed by atoms with Gasteiger partial charge in [0, 0.05) is 37.5 Å². The van der Waals surface area contributed by atoms with Crippen molar-refractivity contribution in [3.05, 3.63) is 72.1 Å². The molecule has 1 heterocycles. The average molecular weight is 393 g/mol. The molecule has 29 heavy (non-hydrogen) atoms. The van der Waals surface area contributed by atoms with E-state index < -0.39 is 0 Å². The summed E-state index contributed by atoms with van der Waals surface area (Å²) in [5.41, 5.74) is 2.81. The molecule has 1 aromatic heterocycles. The Kier molecular flexibility index (Phi) is 6.73. The summed E-state index contributed by atoms with van der Waals surface area (Å²) in [6.45, 7) is 3.78. The number of benzene rings is 2. The van der Waals surface area contributed by atoms with E-state index in [1.165, 1.54) is 7.11 Å². The zero-order valence-electron chi connectivity index (χ0n) is 17.0. The summed E-state index contributed by atoms with van der Waals surface area (Å²) in [5, 5.41) is 18.0. The molecule has 2 N–H and O–H groups in total. The molecule has 0 spiro atoms. The van der Waals surface area contributed by atoms with Crippen molar-refractivity contribution < 1.29 is 9.84 Å². The van der Waals surface area contributed by atoms with E-state index >= 15 is 0 Å². The van der Waals surface area contributed by atoms with Crippen LogP contribution in [0.4, 0.5) is 0 Å². The van der Waals surface area contributed by atoms with E-state index in [1.54, 1.807) is 6.07 Å². The fraction of sp³-hybridized carbons (Fsp3) is 0.273. The number of aromatic nitrogens is 2. The number of phenols is 1. The number of rotatable bonds is 7. The van der Waals surface area contributed by atoms with Crippen molar-refractivity contribution in [2.75, 3.05) is 20.7 Å². The first kappa shape index (κ1) is 20.3. The van der Waals surface area contributed by atoms with Gasteiger partial charge in [0.15, 0.2) is 17.5 Å². The Morgan fingerprint density at radius 3 is 2.72 bits per heavy atom. The molecule has 0 radical (unpaired) electrons. The van der Waals surface area contributed by atoms with E-state index in [0.717, 1.165) is 23.8 Å². The van der Waals surface area contributed by atoms with Gasteiger partial charge in [-0.1, -0.05) is 30.3 Å². The number of methoxy groups -OCH3 is 1. The summed E-state index contributed by atoms with van der Waals surface area (Å²) in [6, 6.07) is 15.4. The van der Waals surface area contributed by atoms with Gasteiger partial charge >= 0.3 is 0 Å². The van der Waals surface area contributed by atoms with Gasteiger partial charge in [-0.15, -0.1) is 0 Å². The fourth-order valence-corrected chi connectivity index (χ4v) is 3.00. The Labute approximate surface area is 171 Å². The number of para-hydroxylation sites is 2. The highest BCUT2D eigenvalue weighted by atomic mass is 16.5. The van der Waals surface area contributed by atoms with Crippen LogP contribution in [0.1, 0.15) is 18.1 Å². The second-order valence-corrected chi connectivity index (χ2v) is 6.62. The number of hydrogen-bond donors (Lipinski definition) is 2. The number of nitrogens with one attached hydrogen (secondary N) is 1. The normalized spacial score (nSPS) is 11.3. The van der Waals surface area contributed by atoms with Gasteiger partial charge < -0.3 is 20.1 Å². The molecule has 0 aliphatic heterocycles. The van der Waals surface area contributed by atoms with Crippen LogP contribution in [0, 0.1) is 0 Å². The Bertz CT molecular complexity index is 953. The highest BCUT2D eigenvalue weighted by Crippen LogP contribution is 2.29. The number of guanidine groups is 1. The monoisotopic (exact) mass is 393 g/mol. The third-order valence-corrected chi connectivity index (χ3v) is 4.47. The predicted molar refractivity (Wildman–Crippen MR) is 115 cm³/mol. The van der Waals surface area contributed by atoms with Crippen LogP contribution in [0.25, 0.3) is 5.69 Å². The molecule has 3 rings (SSSR count). The summed E-state index contributed by atoms with van der Waals surface area (Å²) in [4.78, 5) is 6.70. The average Bonchev–Trinajstić information content (AvgIpc) is 3.21. The third-order valence-electron chi connectivity index (χ3n) is 4.47. The van der Waals surface area contributed by atoms with Crippen molar-refractivity contribution in [3.8, 4) is 17.2 Å². The van der Waals surface area contributed by atoms with E-state index in [1.807, 2.05) is 78.4 Å². The molecule has 0 saturated heterocycles. The SMILES string of the molecule is CCNC(=NCc1cccc(OC)c1O)N(C)Cc1cnn(-c2ccccc2)c1. The molecule has 7 nitrogen and oxygen atoms in total. The number of hydrogen-bond acceptors (Lipinski definition) is 4. The Morgan fingerprint density at radius 1 is 1.21 bits per heavy atom. The third kappa shape index (κ3) is 5.07. The van der Waals surface area contributed by atoms with Gasteiger partial charge in [0.05, 0.1) is 25.5 Å². The van der Waals surface area contributed by atoms with Crippen molar-refractivity contribution >= 4 is 5.96 Å². The first-order valence-electron chi connectivity index (χ1n) is 9.55. The molecule has 0 fully saturated rings. The molecule has 2 aromatic carbocycles. The van der Waals surface area contributed by atoms with E-state index in [9.17, 15) is 5.11 Å². The fourth-order valence-electron chi connectivity index (χ4n) is 3.00. The lowest BCUT2D eigenvalue weighted by atomic mass is 10.2. The molecular weight excluding hydrogens is 366 g/mol. The van der Waals surface area contributed by atoms with E-state index in [0.29, 0.717) is 24.4 Å². The van der Waals surface area contributed by atoms with Gasteiger partial charge in [-0.3, -0.25) is 0 Å². The van der Waals surface area contributed by atoms with Crippen LogP contribution in [0.3, 0.4) is 0 Å². The quantitative estimate of drug-likeness (QED) is 0.476. The second kappa shape index (κ2) is 9.64. The second-order valence-electron chi connectivity index (χ2n) is 6.62. The van der Waals surface area contributed by atoms with Crippen molar-refractivity contribution in [2.24, 2.45) is 4.99 Å². The molecule has 0 aliphatic rings. The summed E-state index contributed by atoms with van der Waals surface area (Å²) < 4.78 is 7.03. The number of nitrogens with zero attached hydrogens (tertiary/aromatic N) is 4. The largest absolute Gasteiger partial charge is 0.504 e. The summed E-state index contributed by atoms with van der Waals surface area (Å²) in [6.07, 6.45) is 3.88.